The number of H-pyrrole nitrogens is 1. The molecule has 0 atom stereocenters. The van der Waals surface area contributed by atoms with Gasteiger partial charge >= 0.3 is 0 Å². The number of aromatic nitrogens is 2. The Bertz CT molecular complexity index is 421. The second-order valence-electron chi connectivity index (χ2n) is 3.52. The molecule has 2 amide bonds. The van der Waals surface area contributed by atoms with Crippen molar-refractivity contribution < 1.29 is 9.59 Å². The van der Waals surface area contributed by atoms with Crippen LogP contribution in [0.3, 0.4) is 0 Å². The molecule has 0 aromatic carbocycles. The maximum Gasteiger partial charge on any atom is 0.257 e. The highest BCUT2D eigenvalue weighted by Gasteiger charge is 2.33. The van der Waals surface area contributed by atoms with Gasteiger partial charge in [-0.15, -0.1) is 0 Å². The van der Waals surface area contributed by atoms with Crippen LogP contribution in [0.2, 0.25) is 0 Å². The summed E-state index contributed by atoms with van der Waals surface area (Å²) in [5, 5.41) is 0. The first-order valence-corrected chi connectivity index (χ1v) is 4.62. The quantitative estimate of drug-likeness (QED) is 0.719. The third-order valence-electron chi connectivity index (χ3n) is 2.58. The van der Waals surface area contributed by atoms with Crippen molar-refractivity contribution in [3.63, 3.8) is 0 Å². The minimum absolute atomic E-state index is 0.216. The highest BCUT2D eigenvalue weighted by atomic mass is 16.2. The summed E-state index contributed by atoms with van der Waals surface area (Å²) in [5.74, 6) is -0.431. The fourth-order valence-corrected chi connectivity index (χ4v) is 1.50. The molecule has 0 spiro atoms. The number of hydrogen-bond acceptors (Lipinski definition) is 3. The summed E-state index contributed by atoms with van der Waals surface area (Å²) in [5.41, 5.74) is 1.80. The molecule has 5 nitrogen and oxygen atoms in total. The average molecular weight is 205 g/mol. The van der Waals surface area contributed by atoms with Crippen molar-refractivity contribution in [1.82, 2.24) is 14.9 Å². The summed E-state index contributed by atoms with van der Waals surface area (Å²) >= 11 is 0. The van der Waals surface area contributed by atoms with E-state index in [2.05, 4.69) is 9.97 Å². The Morgan fingerprint density at radius 1 is 1.27 bits per heavy atom. The fraction of sp³-hybridized carbons (Fsp3) is 0.300. The normalized spacial score (nSPS) is 16.8. The molecule has 0 aliphatic carbocycles. The van der Waals surface area contributed by atoms with Gasteiger partial charge in [-0.05, 0) is 13.8 Å². The van der Waals surface area contributed by atoms with Crippen LogP contribution >= 0.6 is 0 Å². The minimum Gasteiger partial charge on any atom is -0.347 e. The lowest BCUT2D eigenvalue weighted by Crippen LogP contribution is -2.30. The minimum atomic E-state index is -0.216. The molecule has 1 aromatic rings. The Balaban J connectivity index is 2.21. The first-order valence-electron chi connectivity index (χ1n) is 4.62. The zero-order chi connectivity index (χ0) is 11.0. The highest BCUT2D eigenvalue weighted by Crippen LogP contribution is 2.20. The Labute approximate surface area is 86.8 Å². The maximum absolute atomic E-state index is 11.7. The lowest BCUT2D eigenvalue weighted by atomic mass is 10.2. The summed E-state index contributed by atoms with van der Waals surface area (Å²) in [6.45, 7) is 3.59. The monoisotopic (exact) mass is 205 g/mol. The number of nitrogens with one attached hydrogen (secondary N) is 1. The van der Waals surface area contributed by atoms with Crippen molar-refractivity contribution in [2.24, 2.45) is 0 Å². The van der Waals surface area contributed by atoms with Crippen LogP contribution in [0.25, 0.3) is 0 Å². The third kappa shape index (κ3) is 1.45. The Hall–Kier alpha value is -1.91. The van der Waals surface area contributed by atoms with Gasteiger partial charge in [-0.2, -0.15) is 0 Å². The molecule has 78 valence electrons. The van der Waals surface area contributed by atoms with Crippen LogP contribution in [0, 0.1) is 0 Å². The molecule has 1 aliphatic heterocycles. The van der Waals surface area contributed by atoms with Gasteiger partial charge in [0, 0.05) is 17.3 Å². The van der Waals surface area contributed by atoms with E-state index in [1.54, 1.807) is 20.0 Å². The predicted molar refractivity (Wildman–Crippen MR) is 52.5 cm³/mol. The number of hydrogen-bond donors (Lipinski definition) is 1. The topological polar surface area (TPSA) is 66.1 Å². The van der Waals surface area contributed by atoms with Crippen molar-refractivity contribution in [1.29, 1.82) is 0 Å². The van der Waals surface area contributed by atoms with Gasteiger partial charge in [0.15, 0.2) is 0 Å². The number of imidazole rings is 1. The van der Waals surface area contributed by atoms with Crippen molar-refractivity contribution in [2.45, 2.75) is 20.4 Å². The van der Waals surface area contributed by atoms with E-state index in [1.807, 2.05) is 0 Å². The summed E-state index contributed by atoms with van der Waals surface area (Å²) in [6, 6.07) is 0. The van der Waals surface area contributed by atoms with Crippen LogP contribution in [0.15, 0.2) is 23.7 Å². The van der Waals surface area contributed by atoms with Crippen LogP contribution < -0.4 is 0 Å². The predicted octanol–water partition coefficient (Wildman–Crippen LogP) is 0.615. The lowest BCUT2D eigenvalue weighted by Gasteiger charge is -2.12. The second kappa shape index (κ2) is 3.34. The number of aromatic amines is 1. The molecule has 2 heterocycles. The van der Waals surface area contributed by atoms with E-state index < -0.39 is 0 Å². The number of amides is 2. The van der Waals surface area contributed by atoms with Crippen molar-refractivity contribution in [3.05, 3.63) is 29.4 Å². The molecule has 15 heavy (non-hydrogen) atoms. The number of imide groups is 1. The van der Waals surface area contributed by atoms with Gasteiger partial charge < -0.3 is 4.98 Å². The van der Waals surface area contributed by atoms with Crippen LogP contribution in [-0.2, 0) is 16.1 Å². The standard InChI is InChI=1S/C10H11N3O2/c1-6-7(2)10(15)13(9(6)14)4-8-3-11-5-12-8/h3,5H,4H2,1-2H3,(H,11,12). The molecule has 0 saturated heterocycles. The lowest BCUT2D eigenvalue weighted by molar-refractivity contribution is -0.138. The molecule has 2 rings (SSSR count). The average Bonchev–Trinajstić information content (AvgIpc) is 2.79. The fourth-order valence-electron chi connectivity index (χ4n) is 1.50. The summed E-state index contributed by atoms with van der Waals surface area (Å²) in [4.78, 5) is 31.2. The van der Waals surface area contributed by atoms with Crippen molar-refractivity contribution >= 4 is 11.8 Å². The van der Waals surface area contributed by atoms with E-state index in [0.717, 1.165) is 5.69 Å². The third-order valence-corrected chi connectivity index (χ3v) is 2.58. The molecular weight excluding hydrogens is 194 g/mol. The molecule has 0 saturated carbocycles. The Morgan fingerprint density at radius 2 is 1.87 bits per heavy atom. The van der Waals surface area contributed by atoms with E-state index in [4.69, 9.17) is 0 Å². The molecule has 0 radical (unpaired) electrons. The van der Waals surface area contributed by atoms with Crippen LogP contribution in [0.5, 0.6) is 0 Å². The Kier molecular flexibility index (Phi) is 2.15. The largest absolute Gasteiger partial charge is 0.347 e. The second-order valence-corrected chi connectivity index (χ2v) is 3.52. The number of carbonyl (C=O) groups is 2. The SMILES string of the molecule is CC1=C(C)C(=O)N(Cc2cnc[nH]2)C1=O. The number of nitrogens with zero attached hydrogens (tertiary/aromatic N) is 2. The summed E-state index contributed by atoms with van der Waals surface area (Å²) in [7, 11) is 0. The molecule has 0 bridgehead atoms. The van der Waals surface area contributed by atoms with Gasteiger partial charge in [-0.25, -0.2) is 4.98 Å². The van der Waals surface area contributed by atoms with E-state index in [9.17, 15) is 9.59 Å². The van der Waals surface area contributed by atoms with Crippen molar-refractivity contribution in [2.75, 3.05) is 0 Å². The number of carbonyl (C=O) groups excluding carboxylic acids is 2. The van der Waals surface area contributed by atoms with Crippen LogP contribution in [0.1, 0.15) is 19.5 Å². The summed E-state index contributed by atoms with van der Waals surface area (Å²) < 4.78 is 0. The van der Waals surface area contributed by atoms with Gasteiger partial charge in [-0.3, -0.25) is 14.5 Å². The molecule has 0 fully saturated rings. The first kappa shape index (κ1) is 9.64. The first-order chi connectivity index (χ1) is 7.11. The number of rotatable bonds is 2. The van der Waals surface area contributed by atoms with E-state index in [1.165, 1.54) is 11.2 Å². The molecule has 5 heteroatoms. The van der Waals surface area contributed by atoms with Gasteiger partial charge in [-0.1, -0.05) is 0 Å². The highest BCUT2D eigenvalue weighted by molar-refractivity contribution is 6.18. The Morgan fingerprint density at radius 3 is 2.33 bits per heavy atom. The molecule has 1 aromatic heterocycles. The van der Waals surface area contributed by atoms with Gasteiger partial charge in [0.1, 0.15) is 0 Å². The zero-order valence-corrected chi connectivity index (χ0v) is 8.57. The van der Waals surface area contributed by atoms with Gasteiger partial charge in [0.2, 0.25) is 0 Å². The molecule has 1 aliphatic rings. The zero-order valence-electron chi connectivity index (χ0n) is 8.57. The van der Waals surface area contributed by atoms with Gasteiger partial charge in [0.25, 0.3) is 11.8 Å². The molecular formula is C10H11N3O2. The van der Waals surface area contributed by atoms with Gasteiger partial charge in [0.05, 0.1) is 18.6 Å². The summed E-state index contributed by atoms with van der Waals surface area (Å²) in [6.07, 6.45) is 3.12. The molecule has 1 N–H and O–H groups in total. The van der Waals surface area contributed by atoms with E-state index >= 15 is 0 Å². The van der Waals surface area contributed by atoms with E-state index in [0.29, 0.717) is 11.1 Å². The van der Waals surface area contributed by atoms with Crippen molar-refractivity contribution in [3.8, 4) is 0 Å². The van der Waals surface area contributed by atoms with Crippen LogP contribution in [0.4, 0.5) is 0 Å². The van der Waals surface area contributed by atoms with E-state index in [-0.39, 0.29) is 18.4 Å². The van der Waals surface area contributed by atoms with Crippen LogP contribution in [-0.4, -0.2) is 26.7 Å². The molecule has 0 unspecified atom stereocenters. The smallest absolute Gasteiger partial charge is 0.257 e. The maximum atomic E-state index is 11.7.